The third-order valence-electron chi connectivity index (χ3n) is 5.24. The highest BCUT2D eigenvalue weighted by molar-refractivity contribution is 5.80. The Morgan fingerprint density at radius 2 is 1.41 bits per heavy atom. The molecule has 2 nitrogen and oxygen atoms in total. The van der Waals surface area contributed by atoms with Crippen LogP contribution in [0.5, 0.6) is 0 Å². The van der Waals surface area contributed by atoms with Crippen molar-refractivity contribution in [2.24, 2.45) is 0 Å². The zero-order chi connectivity index (χ0) is 18.9. The van der Waals surface area contributed by atoms with Gasteiger partial charge in [0.05, 0.1) is 11.0 Å². The Morgan fingerprint density at radius 3 is 2.11 bits per heavy atom. The van der Waals surface area contributed by atoms with Crippen LogP contribution in [-0.2, 0) is 6.54 Å². The second-order valence-corrected chi connectivity index (χ2v) is 7.41. The van der Waals surface area contributed by atoms with Crippen molar-refractivity contribution in [1.82, 2.24) is 9.55 Å². The molecule has 0 aliphatic rings. The zero-order valence-electron chi connectivity index (χ0n) is 16.5. The molecule has 3 aromatic rings. The van der Waals surface area contributed by atoms with Crippen molar-refractivity contribution in [1.29, 1.82) is 0 Å². The lowest BCUT2D eigenvalue weighted by molar-refractivity contribution is 0.544. The molecule has 1 heterocycles. The number of rotatable bonds is 11. The minimum absolute atomic E-state index is 0.208. The lowest BCUT2D eigenvalue weighted by Crippen LogP contribution is -2.01. The SMILES string of the molecule is CCCCCCCCCCCn1c(-c2ccc(F)cc2)nc2ccccc21. The van der Waals surface area contributed by atoms with E-state index in [-0.39, 0.29) is 5.82 Å². The molecule has 0 radical (unpaired) electrons. The standard InChI is InChI=1S/C24H31FN2/c1-2-3-4-5-6-7-8-9-12-19-27-23-14-11-10-13-22(23)26-24(27)20-15-17-21(25)18-16-20/h10-11,13-18H,2-9,12,19H2,1H3. The third kappa shape index (κ3) is 5.41. The highest BCUT2D eigenvalue weighted by Crippen LogP contribution is 2.26. The first-order chi connectivity index (χ1) is 13.3. The highest BCUT2D eigenvalue weighted by Gasteiger charge is 2.12. The topological polar surface area (TPSA) is 17.8 Å². The number of fused-ring (bicyclic) bond motifs is 1. The number of aromatic nitrogens is 2. The fraction of sp³-hybridized carbons (Fsp3) is 0.458. The molecule has 27 heavy (non-hydrogen) atoms. The van der Waals surface area contributed by atoms with Crippen LogP contribution in [-0.4, -0.2) is 9.55 Å². The summed E-state index contributed by atoms with van der Waals surface area (Å²) in [5.41, 5.74) is 3.15. The van der Waals surface area contributed by atoms with Crippen LogP contribution in [0, 0.1) is 5.82 Å². The van der Waals surface area contributed by atoms with Gasteiger partial charge in [-0.15, -0.1) is 0 Å². The Morgan fingerprint density at radius 1 is 0.778 bits per heavy atom. The van der Waals surface area contributed by atoms with Crippen LogP contribution in [0.2, 0.25) is 0 Å². The Balaban J connectivity index is 1.60. The maximum Gasteiger partial charge on any atom is 0.141 e. The normalized spacial score (nSPS) is 11.3. The summed E-state index contributed by atoms with van der Waals surface area (Å²) >= 11 is 0. The van der Waals surface area contributed by atoms with E-state index in [0.717, 1.165) is 35.4 Å². The van der Waals surface area contributed by atoms with Crippen molar-refractivity contribution in [3.8, 4) is 11.4 Å². The van der Waals surface area contributed by atoms with Gasteiger partial charge in [0.25, 0.3) is 0 Å². The Hall–Kier alpha value is -2.16. The lowest BCUT2D eigenvalue weighted by Gasteiger charge is -2.09. The monoisotopic (exact) mass is 366 g/mol. The average Bonchev–Trinajstić information content (AvgIpc) is 3.06. The van der Waals surface area contributed by atoms with Crippen molar-refractivity contribution in [3.63, 3.8) is 0 Å². The van der Waals surface area contributed by atoms with E-state index in [1.807, 2.05) is 18.2 Å². The Labute approximate surface area is 162 Å². The molecule has 0 amide bonds. The van der Waals surface area contributed by atoms with Gasteiger partial charge < -0.3 is 4.57 Å². The molecular weight excluding hydrogens is 335 g/mol. The number of unbranched alkanes of at least 4 members (excludes halogenated alkanes) is 8. The minimum atomic E-state index is -0.208. The van der Waals surface area contributed by atoms with Crippen molar-refractivity contribution < 1.29 is 4.39 Å². The van der Waals surface area contributed by atoms with Crippen LogP contribution in [0.15, 0.2) is 48.5 Å². The number of nitrogens with zero attached hydrogens (tertiary/aromatic N) is 2. The molecule has 3 heteroatoms. The summed E-state index contributed by atoms with van der Waals surface area (Å²) in [6.07, 6.45) is 11.9. The van der Waals surface area contributed by atoms with Gasteiger partial charge in [0.15, 0.2) is 0 Å². The first-order valence-electron chi connectivity index (χ1n) is 10.5. The molecule has 0 N–H and O–H groups in total. The van der Waals surface area contributed by atoms with E-state index in [1.54, 1.807) is 0 Å². The lowest BCUT2D eigenvalue weighted by atomic mass is 10.1. The molecule has 0 saturated heterocycles. The molecule has 3 rings (SSSR count). The first-order valence-corrected chi connectivity index (χ1v) is 10.5. The van der Waals surface area contributed by atoms with Gasteiger partial charge in [-0.25, -0.2) is 9.37 Å². The molecule has 0 fully saturated rings. The minimum Gasteiger partial charge on any atom is -0.324 e. The summed E-state index contributed by atoms with van der Waals surface area (Å²) in [5.74, 6) is 0.733. The maximum atomic E-state index is 13.3. The quantitative estimate of drug-likeness (QED) is 0.324. The van der Waals surface area contributed by atoms with Gasteiger partial charge >= 0.3 is 0 Å². The van der Waals surface area contributed by atoms with Crippen molar-refractivity contribution in [2.75, 3.05) is 0 Å². The van der Waals surface area contributed by atoms with Crippen LogP contribution in [0.25, 0.3) is 22.4 Å². The van der Waals surface area contributed by atoms with Gasteiger partial charge in [-0.3, -0.25) is 0 Å². The molecule has 144 valence electrons. The van der Waals surface area contributed by atoms with Crippen LogP contribution < -0.4 is 0 Å². The van der Waals surface area contributed by atoms with E-state index in [4.69, 9.17) is 4.98 Å². The molecule has 0 aliphatic carbocycles. The van der Waals surface area contributed by atoms with Crippen molar-refractivity contribution in [3.05, 3.63) is 54.3 Å². The predicted octanol–water partition coefficient (Wildman–Crippen LogP) is 7.37. The van der Waals surface area contributed by atoms with E-state index < -0.39 is 0 Å². The van der Waals surface area contributed by atoms with Gasteiger partial charge in [0.1, 0.15) is 11.6 Å². The second-order valence-electron chi connectivity index (χ2n) is 7.41. The highest BCUT2D eigenvalue weighted by atomic mass is 19.1. The molecule has 0 saturated carbocycles. The summed E-state index contributed by atoms with van der Waals surface area (Å²) in [5, 5.41) is 0. The van der Waals surface area contributed by atoms with Gasteiger partial charge in [-0.2, -0.15) is 0 Å². The molecule has 0 atom stereocenters. The van der Waals surface area contributed by atoms with E-state index in [1.165, 1.54) is 63.5 Å². The second kappa shape index (κ2) is 10.2. The van der Waals surface area contributed by atoms with Crippen LogP contribution in [0.3, 0.4) is 0 Å². The van der Waals surface area contributed by atoms with Gasteiger partial charge in [0, 0.05) is 12.1 Å². The van der Waals surface area contributed by atoms with Crippen LogP contribution in [0.1, 0.15) is 64.7 Å². The molecule has 0 aliphatic heterocycles. The number of benzene rings is 2. The Bertz CT molecular complexity index is 820. The number of halogens is 1. The smallest absolute Gasteiger partial charge is 0.141 e. The summed E-state index contributed by atoms with van der Waals surface area (Å²) in [7, 11) is 0. The fourth-order valence-corrected chi connectivity index (χ4v) is 3.70. The molecular formula is C24H31FN2. The molecule has 0 spiro atoms. The number of aryl methyl sites for hydroxylation is 1. The van der Waals surface area contributed by atoms with Gasteiger partial charge in [-0.1, -0.05) is 70.4 Å². The first kappa shape index (κ1) is 19.6. The van der Waals surface area contributed by atoms with Crippen LogP contribution >= 0.6 is 0 Å². The molecule has 0 bridgehead atoms. The van der Waals surface area contributed by atoms with Gasteiger partial charge in [0.2, 0.25) is 0 Å². The van der Waals surface area contributed by atoms with Crippen LogP contribution in [0.4, 0.5) is 4.39 Å². The summed E-state index contributed by atoms with van der Waals surface area (Å²) in [6, 6.07) is 14.9. The average molecular weight is 367 g/mol. The van der Waals surface area contributed by atoms with Crippen molar-refractivity contribution in [2.45, 2.75) is 71.3 Å². The number of para-hydroxylation sites is 2. The van der Waals surface area contributed by atoms with Gasteiger partial charge in [-0.05, 0) is 42.8 Å². The van der Waals surface area contributed by atoms with E-state index in [9.17, 15) is 4.39 Å². The number of imidazole rings is 1. The molecule has 2 aromatic carbocycles. The van der Waals surface area contributed by atoms with E-state index in [0.29, 0.717) is 0 Å². The fourth-order valence-electron chi connectivity index (χ4n) is 3.70. The molecule has 1 aromatic heterocycles. The maximum absolute atomic E-state index is 13.3. The number of hydrogen-bond acceptors (Lipinski definition) is 1. The Kier molecular flexibility index (Phi) is 7.44. The third-order valence-corrected chi connectivity index (χ3v) is 5.24. The predicted molar refractivity (Wildman–Crippen MR) is 112 cm³/mol. The summed E-state index contributed by atoms with van der Waals surface area (Å²) < 4.78 is 15.6. The number of hydrogen-bond donors (Lipinski definition) is 0. The van der Waals surface area contributed by atoms with E-state index in [2.05, 4.69) is 29.7 Å². The summed E-state index contributed by atoms with van der Waals surface area (Å²) in [4.78, 5) is 4.81. The summed E-state index contributed by atoms with van der Waals surface area (Å²) in [6.45, 7) is 3.23. The molecule has 0 unspecified atom stereocenters. The van der Waals surface area contributed by atoms with Crippen molar-refractivity contribution >= 4 is 11.0 Å². The largest absolute Gasteiger partial charge is 0.324 e. The zero-order valence-corrected chi connectivity index (χ0v) is 16.5. The van der Waals surface area contributed by atoms with E-state index >= 15 is 0 Å².